The number of nitrogens with zero attached hydrogens (tertiary/aromatic N) is 2. The van der Waals surface area contributed by atoms with Gasteiger partial charge in [-0.2, -0.15) is 4.98 Å². The fraction of sp³-hybridized carbons (Fsp3) is 0.737. The molecule has 0 aromatic carbocycles. The van der Waals surface area contributed by atoms with Gasteiger partial charge in [-0.15, -0.1) is 0 Å². The molecule has 4 atom stereocenters. The molecule has 3 unspecified atom stereocenters. The summed E-state index contributed by atoms with van der Waals surface area (Å²) < 4.78 is 31.1. The second kappa shape index (κ2) is 11.6. The summed E-state index contributed by atoms with van der Waals surface area (Å²) in [7, 11) is -3.39. The number of anilines is 1. The fourth-order valence-electron chi connectivity index (χ4n) is 2.95. The highest BCUT2D eigenvalue weighted by atomic mass is 31.2. The Kier molecular flexibility index (Phi) is 9.48. The number of nitrogen functional groups attached to an aromatic ring is 1. The third-order valence-corrected chi connectivity index (χ3v) is 6.77. The predicted octanol–water partition coefficient (Wildman–Crippen LogP) is 2.13. The molecule has 0 aliphatic carbocycles. The number of aromatic nitrogens is 2. The predicted molar refractivity (Wildman–Crippen MR) is 113 cm³/mol. The number of nitrogens with two attached hydrogens (primary N) is 1. The fourth-order valence-corrected chi connectivity index (χ4v) is 4.77. The molecule has 0 amide bonds. The Morgan fingerprint density at radius 1 is 1.47 bits per heavy atom. The summed E-state index contributed by atoms with van der Waals surface area (Å²) in [6.07, 6.45) is 4.37. The molecule has 3 N–H and O–H groups in total. The van der Waals surface area contributed by atoms with E-state index in [2.05, 4.69) is 17.0 Å². The zero-order valence-electron chi connectivity index (χ0n) is 17.9. The molecule has 0 saturated carbocycles. The molecule has 1 saturated heterocycles. The van der Waals surface area contributed by atoms with Gasteiger partial charge in [-0.1, -0.05) is 40.0 Å². The van der Waals surface area contributed by atoms with E-state index in [1.807, 2.05) is 13.8 Å². The van der Waals surface area contributed by atoms with Gasteiger partial charge in [0, 0.05) is 6.20 Å². The van der Waals surface area contributed by atoms with Crippen molar-refractivity contribution in [2.75, 3.05) is 25.3 Å². The minimum Gasteiger partial charge on any atom is -0.465 e. The Morgan fingerprint density at radius 3 is 2.83 bits per heavy atom. The normalized spacial score (nSPS) is 23.6. The number of hydrogen-bond donors (Lipinski definition) is 2. The molecule has 2 rings (SSSR count). The van der Waals surface area contributed by atoms with Gasteiger partial charge in [-0.25, -0.2) is 9.88 Å². The summed E-state index contributed by atoms with van der Waals surface area (Å²) >= 11 is 0. The lowest BCUT2D eigenvalue weighted by Crippen LogP contribution is -2.44. The molecule has 11 heteroatoms. The first-order valence-corrected chi connectivity index (χ1v) is 12.2. The molecule has 10 nitrogen and oxygen atoms in total. The van der Waals surface area contributed by atoms with E-state index < -0.39 is 31.3 Å². The van der Waals surface area contributed by atoms with Crippen molar-refractivity contribution in [3.05, 3.63) is 22.7 Å². The molecule has 1 aromatic rings. The zero-order chi connectivity index (χ0) is 22.1. The number of carbonyl (C=O) groups is 1. The second-order valence-corrected chi connectivity index (χ2v) is 9.66. The number of ether oxygens (including phenoxy) is 2. The topological polar surface area (TPSA) is 135 Å². The summed E-state index contributed by atoms with van der Waals surface area (Å²) in [5, 5.41) is 2.86. The molecule has 0 radical (unpaired) electrons. The van der Waals surface area contributed by atoms with Crippen molar-refractivity contribution in [3.8, 4) is 0 Å². The van der Waals surface area contributed by atoms with E-state index in [0.29, 0.717) is 13.0 Å². The highest BCUT2D eigenvalue weighted by Gasteiger charge is 2.38. The van der Waals surface area contributed by atoms with Gasteiger partial charge in [0.2, 0.25) is 0 Å². The van der Waals surface area contributed by atoms with E-state index in [4.69, 9.17) is 19.7 Å². The number of esters is 1. The van der Waals surface area contributed by atoms with Gasteiger partial charge in [0.25, 0.3) is 7.52 Å². The highest BCUT2D eigenvalue weighted by molar-refractivity contribution is 7.56. The van der Waals surface area contributed by atoms with Gasteiger partial charge < -0.3 is 19.7 Å². The maximum Gasteiger partial charge on any atom is 0.349 e. The zero-order valence-corrected chi connectivity index (χ0v) is 18.8. The first-order valence-electron chi connectivity index (χ1n) is 10.4. The minimum atomic E-state index is -3.39. The van der Waals surface area contributed by atoms with Gasteiger partial charge in [0.15, 0.2) is 0 Å². The van der Waals surface area contributed by atoms with E-state index in [0.717, 1.165) is 19.3 Å². The molecular formula is C19H33N4O6P. The lowest BCUT2D eigenvalue weighted by molar-refractivity contribution is -0.147. The average Bonchev–Trinajstić information content (AvgIpc) is 2.72. The van der Waals surface area contributed by atoms with Gasteiger partial charge >= 0.3 is 11.7 Å². The van der Waals surface area contributed by atoms with Crippen LogP contribution in [0.25, 0.3) is 0 Å². The third-order valence-electron chi connectivity index (χ3n) is 5.04. The third kappa shape index (κ3) is 7.19. The van der Waals surface area contributed by atoms with E-state index in [1.54, 1.807) is 0 Å². The monoisotopic (exact) mass is 444 g/mol. The first kappa shape index (κ1) is 24.5. The first-order chi connectivity index (χ1) is 14.3. The number of unbranched alkanes of at least 4 members (excludes halogenated alkanes) is 2. The van der Waals surface area contributed by atoms with Crippen molar-refractivity contribution in [2.45, 2.75) is 65.1 Å². The lowest BCUT2D eigenvalue weighted by Gasteiger charge is -2.33. The van der Waals surface area contributed by atoms with Crippen molar-refractivity contribution in [2.24, 2.45) is 5.92 Å². The summed E-state index contributed by atoms with van der Waals surface area (Å²) in [5.41, 5.74) is 4.99. The van der Waals surface area contributed by atoms with Crippen LogP contribution in [0.15, 0.2) is 17.1 Å². The Bertz CT molecular complexity index is 789. The van der Waals surface area contributed by atoms with Crippen molar-refractivity contribution in [1.29, 1.82) is 0 Å². The largest absolute Gasteiger partial charge is 0.465 e. The van der Waals surface area contributed by atoms with E-state index in [-0.39, 0.29) is 31.2 Å². The standard InChI is InChI=1S/C19H33N4O6P/c1-4-6-7-10-27-18(24)17(14(3)5-2)22-30(26)13-28-15(12-29-30)11-23-9-8-16(20)21-19(23)25/h8-9,14-15,17H,4-7,10-13H2,1-3H3,(H,22,26)(H2,20,21,25)/t14?,15-,17?,30?/m0/s1. The number of hydrogen-bond acceptors (Lipinski definition) is 8. The quantitative estimate of drug-likeness (QED) is 0.299. The maximum absolute atomic E-state index is 13.1. The molecule has 0 bridgehead atoms. The van der Waals surface area contributed by atoms with Gasteiger partial charge in [-0.3, -0.25) is 13.9 Å². The van der Waals surface area contributed by atoms with Crippen molar-refractivity contribution in [1.82, 2.24) is 14.6 Å². The van der Waals surface area contributed by atoms with E-state index in [1.165, 1.54) is 16.8 Å². The summed E-state index contributed by atoms with van der Waals surface area (Å²) in [4.78, 5) is 28.1. The molecule has 2 heterocycles. The molecule has 170 valence electrons. The Labute approximate surface area is 177 Å². The SMILES string of the molecule is CCCCCOC(=O)C(NP1(=O)CO[C@@H](Cn2ccc(N)nc2=O)CO1)C(C)CC. The highest BCUT2D eigenvalue weighted by Crippen LogP contribution is 2.47. The summed E-state index contributed by atoms with van der Waals surface area (Å²) in [5.74, 6) is -0.375. The molecule has 0 spiro atoms. The van der Waals surface area contributed by atoms with Gasteiger partial charge in [0.05, 0.1) is 19.8 Å². The maximum atomic E-state index is 13.1. The Hall–Kier alpha value is -1.74. The average molecular weight is 444 g/mol. The van der Waals surface area contributed by atoms with Crippen molar-refractivity contribution >= 4 is 19.3 Å². The van der Waals surface area contributed by atoms with Crippen LogP contribution in [0.1, 0.15) is 46.5 Å². The second-order valence-electron chi connectivity index (χ2n) is 7.54. The van der Waals surface area contributed by atoms with E-state index in [9.17, 15) is 14.2 Å². The molecule has 1 aromatic heterocycles. The van der Waals surface area contributed by atoms with Crippen LogP contribution in [0.5, 0.6) is 0 Å². The molecule has 1 aliphatic rings. The number of rotatable bonds is 11. The molecule has 30 heavy (non-hydrogen) atoms. The van der Waals surface area contributed by atoms with Crippen LogP contribution in [-0.2, 0) is 29.9 Å². The van der Waals surface area contributed by atoms with Crippen LogP contribution in [0.2, 0.25) is 0 Å². The summed E-state index contributed by atoms with van der Waals surface area (Å²) in [6, 6.07) is 0.770. The van der Waals surface area contributed by atoms with Crippen LogP contribution in [0.3, 0.4) is 0 Å². The number of carbonyl (C=O) groups excluding carboxylic acids is 1. The van der Waals surface area contributed by atoms with Crippen LogP contribution >= 0.6 is 7.52 Å². The van der Waals surface area contributed by atoms with Crippen LogP contribution in [0.4, 0.5) is 5.82 Å². The summed E-state index contributed by atoms with van der Waals surface area (Å²) in [6.45, 7) is 6.47. The lowest BCUT2D eigenvalue weighted by atomic mass is 10.0. The van der Waals surface area contributed by atoms with Crippen LogP contribution in [-0.4, -0.2) is 47.2 Å². The van der Waals surface area contributed by atoms with Crippen molar-refractivity contribution < 1.29 is 23.4 Å². The Balaban J connectivity index is 1.93. The van der Waals surface area contributed by atoms with Crippen LogP contribution < -0.4 is 16.5 Å². The van der Waals surface area contributed by atoms with Gasteiger partial charge in [-0.05, 0) is 18.4 Å². The van der Waals surface area contributed by atoms with Crippen LogP contribution in [0, 0.1) is 5.92 Å². The molecular weight excluding hydrogens is 411 g/mol. The molecule has 1 aliphatic heterocycles. The number of nitrogens with one attached hydrogen (secondary N) is 1. The van der Waals surface area contributed by atoms with E-state index >= 15 is 0 Å². The Morgan fingerprint density at radius 2 is 2.23 bits per heavy atom. The minimum absolute atomic E-state index is 0.0138. The molecule has 1 fully saturated rings. The van der Waals surface area contributed by atoms with Gasteiger partial charge in [0.1, 0.15) is 24.3 Å². The van der Waals surface area contributed by atoms with Crippen molar-refractivity contribution in [3.63, 3.8) is 0 Å². The smallest absolute Gasteiger partial charge is 0.349 e.